The molecule has 3 nitrogen and oxygen atoms in total. The molecule has 3 rings (SSSR count). The van der Waals surface area contributed by atoms with Gasteiger partial charge >= 0.3 is 0 Å². The van der Waals surface area contributed by atoms with Crippen LogP contribution in [0.4, 0.5) is 4.39 Å². The third kappa shape index (κ3) is 4.45. The normalized spacial score (nSPS) is 23.0. The number of piperazine rings is 1. The molecule has 1 saturated heterocycles. The first-order chi connectivity index (χ1) is 10.8. The van der Waals surface area contributed by atoms with E-state index in [0.29, 0.717) is 6.54 Å². The lowest BCUT2D eigenvalue weighted by Gasteiger charge is -2.38. The molecule has 0 radical (unpaired) electrons. The standard InChI is InChI=1S/C18H25FN2O.ClH/c19-16-9-5-8-15(12-16)17-13-20-10-11-21(17)18(22)14-6-3-1-2-4-7-14;/h5,8-9,12,14,17,20H,1-4,6-7,10-11,13H2;1H. The van der Waals surface area contributed by atoms with Crippen molar-refractivity contribution in [2.24, 2.45) is 5.92 Å². The zero-order valence-corrected chi connectivity index (χ0v) is 14.3. The number of halogens is 2. The van der Waals surface area contributed by atoms with Crippen molar-refractivity contribution < 1.29 is 9.18 Å². The van der Waals surface area contributed by atoms with Gasteiger partial charge in [-0.25, -0.2) is 4.39 Å². The largest absolute Gasteiger partial charge is 0.333 e. The summed E-state index contributed by atoms with van der Waals surface area (Å²) in [6, 6.07) is 6.63. The lowest BCUT2D eigenvalue weighted by molar-refractivity contribution is -0.139. The molecule has 1 amide bonds. The van der Waals surface area contributed by atoms with Crippen molar-refractivity contribution in [3.05, 3.63) is 35.6 Å². The number of rotatable bonds is 2. The molecule has 0 spiro atoms. The second-order valence-electron chi connectivity index (χ2n) is 6.50. The molecule has 23 heavy (non-hydrogen) atoms. The van der Waals surface area contributed by atoms with E-state index in [-0.39, 0.29) is 36.1 Å². The fraction of sp³-hybridized carbons (Fsp3) is 0.611. The Morgan fingerprint density at radius 2 is 1.91 bits per heavy atom. The Bertz CT molecular complexity index is 517. The van der Waals surface area contributed by atoms with E-state index in [9.17, 15) is 9.18 Å². The fourth-order valence-corrected chi connectivity index (χ4v) is 3.74. The van der Waals surface area contributed by atoms with Crippen LogP contribution in [0.5, 0.6) is 0 Å². The molecule has 1 N–H and O–H groups in total. The van der Waals surface area contributed by atoms with Gasteiger partial charge in [0.15, 0.2) is 0 Å². The lowest BCUT2D eigenvalue weighted by Crippen LogP contribution is -2.50. The van der Waals surface area contributed by atoms with E-state index < -0.39 is 0 Å². The van der Waals surface area contributed by atoms with E-state index in [1.807, 2.05) is 11.0 Å². The van der Waals surface area contributed by atoms with Crippen molar-refractivity contribution in [1.29, 1.82) is 0 Å². The molecule has 0 aromatic heterocycles. The lowest BCUT2D eigenvalue weighted by atomic mass is 9.95. The first-order valence-electron chi connectivity index (χ1n) is 8.52. The minimum Gasteiger partial charge on any atom is -0.333 e. The van der Waals surface area contributed by atoms with Gasteiger partial charge in [-0.05, 0) is 30.5 Å². The molecule has 2 aliphatic rings. The van der Waals surface area contributed by atoms with Crippen molar-refractivity contribution in [1.82, 2.24) is 10.2 Å². The highest BCUT2D eigenvalue weighted by molar-refractivity contribution is 5.85. The summed E-state index contributed by atoms with van der Waals surface area (Å²) in [5.74, 6) is 0.208. The van der Waals surface area contributed by atoms with Gasteiger partial charge in [0.25, 0.3) is 0 Å². The van der Waals surface area contributed by atoms with E-state index in [4.69, 9.17) is 0 Å². The summed E-state index contributed by atoms with van der Waals surface area (Å²) in [7, 11) is 0. The summed E-state index contributed by atoms with van der Waals surface area (Å²) in [5.41, 5.74) is 0.897. The van der Waals surface area contributed by atoms with Crippen molar-refractivity contribution in [3.63, 3.8) is 0 Å². The van der Waals surface area contributed by atoms with Gasteiger partial charge in [0.05, 0.1) is 6.04 Å². The maximum Gasteiger partial charge on any atom is 0.226 e. The Balaban J connectivity index is 0.00000192. The molecule has 1 heterocycles. The Labute approximate surface area is 144 Å². The minimum absolute atomic E-state index is 0. The van der Waals surface area contributed by atoms with E-state index in [2.05, 4.69) is 5.32 Å². The van der Waals surface area contributed by atoms with Crippen LogP contribution in [0.2, 0.25) is 0 Å². The second-order valence-corrected chi connectivity index (χ2v) is 6.50. The van der Waals surface area contributed by atoms with Gasteiger partial charge in [0, 0.05) is 25.6 Å². The number of carbonyl (C=O) groups is 1. The van der Waals surface area contributed by atoms with Crippen molar-refractivity contribution >= 4 is 18.3 Å². The third-order valence-corrected chi connectivity index (χ3v) is 4.96. The monoisotopic (exact) mass is 340 g/mol. The molecule has 1 unspecified atom stereocenters. The molecule has 1 aromatic carbocycles. The van der Waals surface area contributed by atoms with Gasteiger partial charge in [0.1, 0.15) is 5.82 Å². The van der Waals surface area contributed by atoms with Gasteiger partial charge in [0.2, 0.25) is 5.91 Å². The van der Waals surface area contributed by atoms with Crippen LogP contribution in [0, 0.1) is 11.7 Å². The minimum atomic E-state index is -0.232. The quantitative estimate of drug-likeness (QED) is 0.833. The van der Waals surface area contributed by atoms with Crippen LogP contribution in [-0.4, -0.2) is 30.4 Å². The van der Waals surface area contributed by atoms with E-state index in [1.165, 1.54) is 18.9 Å². The molecule has 1 aliphatic heterocycles. The van der Waals surface area contributed by atoms with Gasteiger partial charge in [-0.3, -0.25) is 4.79 Å². The summed E-state index contributed by atoms with van der Waals surface area (Å²) in [6.45, 7) is 2.25. The summed E-state index contributed by atoms with van der Waals surface area (Å²) in [6.07, 6.45) is 6.84. The number of carbonyl (C=O) groups excluding carboxylic acids is 1. The topological polar surface area (TPSA) is 32.3 Å². The fourth-order valence-electron chi connectivity index (χ4n) is 3.74. The number of hydrogen-bond acceptors (Lipinski definition) is 2. The Kier molecular flexibility index (Phi) is 6.85. The van der Waals surface area contributed by atoms with E-state index >= 15 is 0 Å². The van der Waals surface area contributed by atoms with Gasteiger partial charge < -0.3 is 10.2 Å². The Morgan fingerprint density at radius 1 is 1.17 bits per heavy atom. The number of nitrogens with one attached hydrogen (secondary N) is 1. The predicted molar refractivity (Wildman–Crippen MR) is 92.2 cm³/mol. The average Bonchev–Trinajstić information content (AvgIpc) is 2.83. The van der Waals surface area contributed by atoms with Crippen molar-refractivity contribution in [3.8, 4) is 0 Å². The number of nitrogens with zero attached hydrogens (tertiary/aromatic N) is 1. The highest BCUT2D eigenvalue weighted by Gasteiger charge is 2.32. The first kappa shape index (κ1) is 18.2. The number of benzene rings is 1. The van der Waals surface area contributed by atoms with Crippen molar-refractivity contribution in [2.45, 2.75) is 44.6 Å². The second kappa shape index (κ2) is 8.65. The molecule has 5 heteroatoms. The Morgan fingerprint density at radius 3 is 2.61 bits per heavy atom. The van der Waals surface area contributed by atoms with Crippen molar-refractivity contribution in [2.75, 3.05) is 19.6 Å². The summed E-state index contributed by atoms with van der Waals surface area (Å²) in [4.78, 5) is 15.0. The van der Waals surface area contributed by atoms with E-state index in [0.717, 1.165) is 44.3 Å². The third-order valence-electron chi connectivity index (χ3n) is 4.96. The molecule has 0 bridgehead atoms. The van der Waals surface area contributed by atoms with Crippen LogP contribution in [0.3, 0.4) is 0 Å². The molecule has 1 atom stereocenters. The van der Waals surface area contributed by atoms with E-state index in [1.54, 1.807) is 12.1 Å². The molecular formula is C18H26ClFN2O. The smallest absolute Gasteiger partial charge is 0.226 e. The highest BCUT2D eigenvalue weighted by atomic mass is 35.5. The average molecular weight is 341 g/mol. The zero-order chi connectivity index (χ0) is 15.4. The van der Waals surface area contributed by atoms with Crippen LogP contribution in [0.15, 0.2) is 24.3 Å². The Hall–Kier alpha value is -1.13. The molecule has 1 aliphatic carbocycles. The zero-order valence-electron chi connectivity index (χ0n) is 13.5. The number of amides is 1. The summed E-state index contributed by atoms with van der Waals surface area (Å²) >= 11 is 0. The first-order valence-corrected chi connectivity index (χ1v) is 8.52. The van der Waals surface area contributed by atoms with Crippen LogP contribution in [-0.2, 0) is 4.79 Å². The molecule has 1 saturated carbocycles. The van der Waals surface area contributed by atoms with Crippen LogP contribution < -0.4 is 5.32 Å². The molecule has 128 valence electrons. The van der Waals surface area contributed by atoms with Gasteiger partial charge in [-0.1, -0.05) is 37.8 Å². The summed E-state index contributed by atoms with van der Waals surface area (Å²) in [5, 5.41) is 3.34. The SMILES string of the molecule is Cl.O=C(C1CCCCCC1)N1CCNCC1c1cccc(F)c1. The summed E-state index contributed by atoms with van der Waals surface area (Å²) < 4.78 is 13.5. The van der Waals surface area contributed by atoms with Crippen LogP contribution >= 0.6 is 12.4 Å². The predicted octanol–water partition coefficient (Wildman–Crippen LogP) is 3.69. The van der Waals surface area contributed by atoms with Crippen LogP contribution in [0.25, 0.3) is 0 Å². The van der Waals surface area contributed by atoms with Gasteiger partial charge in [-0.2, -0.15) is 0 Å². The molecule has 1 aromatic rings. The molecular weight excluding hydrogens is 315 g/mol. The van der Waals surface area contributed by atoms with Gasteiger partial charge in [-0.15, -0.1) is 12.4 Å². The maximum atomic E-state index is 13.5. The van der Waals surface area contributed by atoms with Crippen LogP contribution in [0.1, 0.15) is 50.1 Å². The number of hydrogen-bond donors (Lipinski definition) is 1. The maximum absolute atomic E-state index is 13.5. The highest BCUT2D eigenvalue weighted by Crippen LogP contribution is 2.29. The molecule has 2 fully saturated rings.